The summed E-state index contributed by atoms with van der Waals surface area (Å²) in [4.78, 5) is 34.4. The van der Waals surface area contributed by atoms with Crippen LogP contribution in [-0.2, 0) is 14.4 Å². The van der Waals surface area contributed by atoms with Crippen molar-refractivity contribution in [3.05, 3.63) is 30.1 Å². The number of hydrogen-bond donors (Lipinski definition) is 3. The number of aliphatic carboxylic acids is 1. The van der Waals surface area contributed by atoms with Crippen molar-refractivity contribution in [2.45, 2.75) is 45.3 Å². The Morgan fingerprint density at radius 2 is 1.72 bits per heavy atom. The average molecular weight is 354 g/mol. The lowest BCUT2D eigenvalue weighted by atomic mass is 10.2. The molecule has 1 rings (SSSR count). The number of ether oxygens (including phenoxy) is 1. The highest BCUT2D eigenvalue weighted by Crippen LogP contribution is 2.13. The molecule has 1 aromatic carbocycles. The van der Waals surface area contributed by atoms with Crippen LogP contribution in [0.2, 0.25) is 0 Å². The third-order valence-electron chi connectivity index (χ3n) is 3.11. The van der Waals surface area contributed by atoms with E-state index in [1.54, 1.807) is 0 Å². The summed E-state index contributed by atoms with van der Waals surface area (Å²) in [5, 5.41) is 14.3. The molecule has 3 N–H and O–H groups in total. The van der Waals surface area contributed by atoms with Crippen molar-refractivity contribution in [2.75, 3.05) is 6.54 Å². The van der Waals surface area contributed by atoms with Gasteiger partial charge in [0.1, 0.15) is 11.6 Å². The second-order valence-electron chi connectivity index (χ2n) is 5.78. The number of carboxylic acids is 1. The summed E-state index contributed by atoms with van der Waals surface area (Å²) >= 11 is 0. The van der Waals surface area contributed by atoms with Gasteiger partial charge in [-0.1, -0.05) is 0 Å². The van der Waals surface area contributed by atoms with Crippen LogP contribution in [0.1, 0.15) is 33.1 Å². The number of amides is 2. The summed E-state index contributed by atoms with van der Waals surface area (Å²) < 4.78 is 18.0. The zero-order chi connectivity index (χ0) is 18.8. The molecule has 0 bridgehead atoms. The molecule has 2 amide bonds. The molecule has 0 aliphatic rings. The van der Waals surface area contributed by atoms with Crippen LogP contribution in [0.3, 0.4) is 0 Å². The molecule has 0 heterocycles. The monoisotopic (exact) mass is 354 g/mol. The number of carbonyl (C=O) groups is 3. The van der Waals surface area contributed by atoms with E-state index in [1.807, 2.05) is 13.8 Å². The molecule has 8 heteroatoms. The normalized spacial score (nSPS) is 11.7. The van der Waals surface area contributed by atoms with Crippen molar-refractivity contribution in [1.29, 1.82) is 0 Å². The van der Waals surface area contributed by atoms with Crippen LogP contribution in [0.15, 0.2) is 24.3 Å². The first-order chi connectivity index (χ1) is 11.8. The Balaban J connectivity index is 2.36. The number of hydrogen-bond acceptors (Lipinski definition) is 4. The standard InChI is InChI=1S/C17H23FN2O5/c1-11(2)20-16(22)5-3-4-15(21)19-10-14(17(23)24)25-13-8-6-12(18)7-9-13/h6-9,11,14H,3-5,10H2,1-2H3,(H,19,21)(H,20,22)(H,23,24). The van der Waals surface area contributed by atoms with Gasteiger partial charge in [-0.05, 0) is 44.5 Å². The highest BCUT2D eigenvalue weighted by molar-refractivity contribution is 5.80. The fraction of sp³-hybridized carbons (Fsp3) is 0.471. The molecule has 0 aliphatic heterocycles. The summed E-state index contributed by atoms with van der Waals surface area (Å²) in [6.07, 6.45) is -0.603. The van der Waals surface area contributed by atoms with Gasteiger partial charge in [-0.2, -0.15) is 0 Å². The topological polar surface area (TPSA) is 105 Å². The summed E-state index contributed by atoms with van der Waals surface area (Å²) in [7, 11) is 0. The van der Waals surface area contributed by atoms with E-state index in [9.17, 15) is 18.8 Å². The smallest absolute Gasteiger partial charge is 0.346 e. The highest BCUT2D eigenvalue weighted by Gasteiger charge is 2.20. The number of benzene rings is 1. The molecule has 1 aromatic rings. The third kappa shape index (κ3) is 8.69. The van der Waals surface area contributed by atoms with E-state index in [0.717, 1.165) is 12.1 Å². The second kappa shape index (κ2) is 10.3. The molecular weight excluding hydrogens is 331 g/mol. The molecule has 1 unspecified atom stereocenters. The van der Waals surface area contributed by atoms with Gasteiger partial charge in [0.05, 0.1) is 6.54 Å². The van der Waals surface area contributed by atoms with Gasteiger partial charge in [-0.25, -0.2) is 9.18 Å². The van der Waals surface area contributed by atoms with Gasteiger partial charge in [0.15, 0.2) is 0 Å². The molecule has 1 atom stereocenters. The van der Waals surface area contributed by atoms with E-state index < -0.39 is 17.9 Å². The van der Waals surface area contributed by atoms with Gasteiger partial charge >= 0.3 is 5.97 Å². The Labute approximate surface area is 145 Å². The zero-order valence-corrected chi connectivity index (χ0v) is 14.3. The maximum absolute atomic E-state index is 12.8. The molecule has 138 valence electrons. The molecule has 7 nitrogen and oxygen atoms in total. The number of carbonyl (C=O) groups excluding carboxylic acids is 2. The van der Waals surface area contributed by atoms with Gasteiger partial charge in [0, 0.05) is 18.9 Å². The van der Waals surface area contributed by atoms with Gasteiger partial charge in [0.2, 0.25) is 17.9 Å². The maximum atomic E-state index is 12.8. The minimum absolute atomic E-state index is 0.0428. The first-order valence-electron chi connectivity index (χ1n) is 7.99. The van der Waals surface area contributed by atoms with Crippen molar-refractivity contribution < 1.29 is 28.6 Å². The molecule has 0 saturated carbocycles. The number of halogens is 1. The molecule has 0 saturated heterocycles. The molecule has 0 fully saturated rings. The minimum Gasteiger partial charge on any atom is -0.478 e. The average Bonchev–Trinajstić information content (AvgIpc) is 2.52. The predicted molar refractivity (Wildman–Crippen MR) is 88.6 cm³/mol. The van der Waals surface area contributed by atoms with Gasteiger partial charge < -0.3 is 20.5 Å². The first-order valence-corrected chi connectivity index (χ1v) is 7.99. The van der Waals surface area contributed by atoms with Crippen LogP contribution in [-0.4, -0.2) is 41.6 Å². The Morgan fingerprint density at radius 1 is 1.12 bits per heavy atom. The van der Waals surface area contributed by atoms with Crippen LogP contribution >= 0.6 is 0 Å². The summed E-state index contributed by atoms with van der Waals surface area (Å²) in [6.45, 7) is 3.46. The van der Waals surface area contributed by atoms with Crippen molar-refractivity contribution in [3.63, 3.8) is 0 Å². The number of nitrogens with one attached hydrogen (secondary N) is 2. The fourth-order valence-corrected chi connectivity index (χ4v) is 1.96. The zero-order valence-electron chi connectivity index (χ0n) is 14.3. The SMILES string of the molecule is CC(C)NC(=O)CCCC(=O)NCC(Oc1ccc(F)cc1)C(=O)O. The molecule has 0 spiro atoms. The van der Waals surface area contributed by atoms with Crippen LogP contribution in [0.25, 0.3) is 0 Å². The van der Waals surface area contributed by atoms with E-state index in [-0.39, 0.29) is 43.0 Å². The van der Waals surface area contributed by atoms with Crippen LogP contribution in [0.5, 0.6) is 5.75 Å². The Hall–Kier alpha value is -2.64. The van der Waals surface area contributed by atoms with Crippen molar-refractivity contribution >= 4 is 17.8 Å². The largest absolute Gasteiger partial charge is 0.478 e. The summed E-state index contributed by atoms with van der Waals surface area (Å²) in [6, 6.07) is 4.95. The number of rotatable bonds is 10. The Kier molecular flexibility index (Phi) is 8.38. The first kappa shape index (κ1) is 20.4. The van der Waals surface area contributed by atoms with Crippen molar-refractivity contribution in [2.24, 2.45) is 0 Å². The van der Waals surface area contributed by atoms with Crippen molar-refractivity contribution in [3.8, 4) is 5.75 Å². The molecule has 25 heavy (non-hydrogen) atoms. The second-order valence-corrected chi connectivity index (χ2v) is 5.78. The highest BCUT2D eigenvalue weighted by atomic mass is 19.1. The van der Waals surface area contributed by atoms with E-state index in [2.05, 4.69) is 10.6 Å². The predicted octanol–water partition coefficient (Wildman–Crippen LogP) is 1.47. The third-order valence-corrected chi connectivity index (χ3v) is 3.11. The molecule has 0 aromatic heterocycles. The van der Waals surface area contributed by atoms with Gasteiger partial charge in [0.25, 0.3) is 0 Å². The van der Waals surface area contributed by atoms with Crippen LogP contribution in [0.4, 0.5) is 4.39 Å². The van der Waals surface area contributed by atoms with E-state index in [4.69, 9.17) is 9.84 Å². The Bertz CT molecular complexity index is 589. The molecule has 0 aliphatic carbocycles. The van der Waals surface area contributed by atoms with Crippen molar-refractivity contribution in [1.82, 2.24) is 10.6 Å². The van der Waals surface area contributed by atoms with E-state index >= 15 is 0 Å². The lowest BCUT2D eigenvalue weighted by Crippen LogP contribution is -2.40. The van der Waals surface area contributed by atoms with Crippen LogP contribution < -0.4 is 15.4 Å². The lowest BCUT2D eigenvalue weighted by molar-refractivity contribution is -0.145. The number of carboxylic acid groups (broad SMARTS) is 1. The van der Waals surface area contributed by atoms with E-state index in [1.165, 1.54) is 12.1 Å². The maximum Gasteiger partial charge on any atom is 0.346 e. The fourth-order valence-electron chi connectivity index (χ4n) is 1.96. The Morgan fingerprint density at radius 3 is 2.28 bits per heavy atom. The lowest BCUT2D eigenvalue weighted by Gasteiger charge is -2.16. The summed E-state index contributed by atoms with van der Waals surface area (Å²) in [5.74, 6) is -2.03. The van der Waals surface area contributed by atoms with Gasteiger partial charge in [-0.15, -0.1) is 0 Å². The molecular formula is C17H23FN2O5. The van der Waals surface area contributed by atoms with E-state index in [0.29, 0.717) is 6.42 Å². The molecule has 0 radical (unpaired) electrons. The quantitative estimate of drug-likeness (QED) is 0.590. The minimum atomic E-state index is -1.29. The van der Waals surface area contributed by atoms with Crippen LogP contribution in [0, 0.1) is 5.82 Å². The summed E-state index contributed by atoms with van der Waals surface area (Å²) in [5.41, 5.74) is 0. The van der Waals surface area contributed by atoms with Gasteiger partial charge in [-0.3, -0.25) is 9.59 Å².